The van der Waals surface area contributed by atoms with Gasteiger partial charge in [-0.15, -0.1) is 0 Å². The molecule has 1 amide bonds. The number of amides is 1. The van der Waals surface area contributed by atoms with E-state index in [9.17, 15) is 35.1 Å². The number of hydrogen-bond donors (Lipinski definition) is 6. The molecule has 562 valence electrons. The molecule has 11 heteroatoms. The Morgan fingerprint density at radius 1 is 0.400 bits per heavy atom. The van der Waals surface area contributed by atoms with Crippen molar-refractivity contribution in [1.29, 1.82) is 0 Å². The van der Waals surface area contributed by atoms with Gasteiger partial charge in [-0.05, 0) is 51.4 Å². The average Bonchev–Trinajstić information content (AvgIpc) is 0.829. The highest BCUT2D eigenvalue weighted by Crippen LogP contribution is 2.27. The van der Waals surface area contributed by atoms with E-state index in [4.69, 9.17) is 14.2 Å². The number of hydrogen-bond acceptors (Lipinski definition) is 10. The van der Waals surface area contributed by atoms with Crippen LogP contribution >= 0.6 is 0 Å². The quantitative estimate of drug-likeness (QED) is 0.0195. The number of nitrogens with one attached hydrogen (secondary N) is 1. The normalized spacial score (nSPS) is 17.7. The van der Waals surface area contributed by atoms with Crippen LogP contribution in [0, 0.1) is 0 Å². The van der Waals surface area contributed by atoms with Gasteiger partial charge in [-0.3, -0.25) is 9.59 Å². The maximum atomic E-state index is 13.6. The smallest absolute Gasteiger partial charge is 0.306 e. The van der Waals surface area contributed by atoms with Gasteiger partial charge in [-0.1, -0.05) is 405 Å². The summed E-state index contributed by atoms with van der Waals surface area (Å²) < 4.78 is 17.8. The summed E-state index contributed by atoms with van der Waals surface area (Å²) in [6.07, 6.45) is 79.6. The lowest BCUT2D eigenvalue weighted by Crippen LogP contribution is -2.61. The van der Waals surface area contributed by atoms with Crippen LogP contribution in [0.25, 0.3) is 0 Å². The first-order valence-electron chi connectivity index (χ1n) is 42.1. The number of esters is 1. The van der Waals surface area contributed by atoms with Crippen molar-refractivity contribution in [2.45, 2.75) is 487 Å². The molecule has 0 aromatic rings. The second kappa shape index (κ2) is 71.9. The number of rotatable bonds is 75. The van der Waals surface area contributed by atoms with E-state index in [-0.39, 0.29) is 13.0 Å². The molecule has 0 bridgehead atoms. The summed E-state index contributed by atoms with van der Waals surface area (Å²) in [5.41, 5.74) is 0. The minimum absolute atomic E-state index is 0.132. The molecule has 11 nitrogen and oxygen atoms in total. The summed E-state index contributed by atoms with van der Waals surface area (Å²) in [5, 5.41) is 57.5. The summed E-state index contributed by atoms with van der Waals surface area (Å²) in [6.45, 7) is 5.88. The Hall–Kier alpha value is -1.86. The topological polar surface area (TPSA) is 175 Å². The molecule has 8 unspecified atom stereocenters. The van der Waals surface area contributed by atoms with Gasteiger partial charge in [0.15, 0.2) is 12.4 Å². The number of ether oxygens (including phenoxy) is 3. The van der Waals surface area contributed by atoms with E-state index in [1.165, 1.54) is 334 Å². The fourth-order valence-electron chi connectivity index (χ4n) is 13.8. The van der Waals surface area contributed by atoms with Crippen molar-refractivity contribution in [2.24, 2.45) is 0 Å². The maximum Gasteiger partial charge on any atom is 0.306 e. The van der Waals surface area contributed by atoms with Crippen LogP contribution in [-0.2, 0) is 23.8 Å². The third-order valence-corrected chi connectivity index (χ3v) is 20.4. The summed E-state index contributed by atoms with van der Waals surface area (Å²) in [6, 6.07) is -1.02. The molecule has 1 rings (SSSR count). The van der Waals surface area contributed by atoms with Crippen LogP contribution in [0.3, 0.4) is 0 Å². The lowest BCUT2D eigenvalue weighted by Gasteiger charge is -2.41. The molecule has 0 aromatic carbocycles. The molecule has 0 spiro atoms. The van der Waals surface area contributed by atoms with E-state index in [2.05, 4.69) is 38.2 Å². The van der Waals surface area contributed by atoms with E-state index in [0.717, 1.165) is 57.8 Å². The summed E-state index contributed by atoms with van der Waals surface area (Å²) >= 11 is 0. The molecule has 1 aliphatic heterocycles. The third-order valence-electron chi connectivity index (χ3n) is 20.4. The van der Waals surface area contributed by atoms with E-state index in [1.54, 1.807) is 6.08 Å². The Kier molecular flexibility index (Phi) is 69.0. The van der Waals surface area contributed by atoms with Crippen molar-refractivity contribution in [3.05, 3.63) is 24.3 Å². The van der Waals surface area contributed by atoms with Crippen LogP contribution in [0.4, 0.5) is 0 Å². The molecule has 0 aromatic heterocycles. The Bertz CT molecular complexity index is 1650. The van der Waals surface area contributed by atoms with Crippen molar-refractivity contribution < 1.29 is 49.3 Å². The molecule has 1 aliphatic rings. The number of carbonyl (C=O) groups excluding carboxylic acids is 2. The Morgan fingerprint density at radius 3 is 1.02 bits per heavy atom. The molecule has 1 fully saturated rings. The van der Waals surface area contributed by atoms with Crippen molar-refractivity contribution in [3.63, 3.8) is 0 Å². The van der Waals surface area contributed by atoms with Gasteiger partial charge in [0.05, 0.1) is 25.4 Å². The van der Waals surface area contributed by atoms with Gasteiger partial charge in [0.2, 0.25) is 5.91 Å². The molecule has 1 saturated heterocycles. The van der Waals surface area contributed by atoms with Crippen molar-refractivity contribution in [2.75, 3.05) is 13.2 Å². The highest BCUT2D eigenvalue weighted by Gasteiger charge is 2.47. The van der Waals surface area contributed by atoms with Gasteiger partial charge >= 0.3 is 5.97 Å². The first-order valence-corrected chi connectivity index (χ1v) is 42.1. The highest BCUT2D eigenvalue weighted by atomic mass is 16.7. The number of carbonyl (C=O) groups is 2. The van der Waals surface area contributed by atoms with Gasteiger partial charge < -0.3 is 45.1 Å². The van der Waals surface area contributed by atoms with Crippen LogP contribution in [0.15, 0.2) is 24.3 Å². The molecule has 6 N–H and O–H groups in total. The van der Waals surface area contributed by atoms with Crippen molar-refractivity contribution in [3.8, 4) is 0 Å². The van der Waals surface area contributed by atoms with Gasteiger partial charge in [0.1, 0.15) is 24.4 Å². The fraction of sp³-hybridized carbons (Fsp3) is 0.929. The van der Waals surface area contributed by atoms with Gasteiger partial charge in [0.25, 0.3) is 0 Å². The van der Waals surface area contributed by atoms with E-state index in [1.807, 2.05) is 6.08 Å². The van der Waals surface area contributed by atoms with Gasteiger partial charge in [-0.25, -0.2) is 0 Å². The molecule has 8 atom stereocenters. The zero-order valence-electron chi connectivity index (χ0n) is 63.1. The first kappa shape index (κ1) is 91.2. The van der Waals surface area contributed by atoms with Crippen LogP contribution in [-0.4, -0.2) is 99.6 Å². The van der Waals surface area contributed by atoms with Crippen molar-refractivity contribution >= 4 is 11.9 Å². The number of unbranched alkanes of at least 4 members (excludes halogenated alkanes) is 59. The molecular formula is C84H161NO10. The monoisotopic (exact) mass is 1340 g/mol. The standard InChI is InChI=1S/C84H161NO10/c1-4-7-10-13-16-19-22-25-27-29-31-33-35-37-39-41-43-45-47-49-51-54-57-60-63-66-69-72-79(89)95-82-81(91)80(90)78(73-86)94-84(82)93-74-75(76(87)70-67-64-61-58-55-52-24-21-18-15-12-9-6-3)85-83(92)77(88)71-68-65-62-59-56-53-50-48-46-44-42-40-38-36-34-32-30-28-26-23-20-17-14-11-8-5-2/h26,28,67,70,75-78,80-82,84,86-88,90-91H,4-25,27,29-66,68-69,71-74H2,1-3H3,(H,85,92)/b28-26+,70-67+. The van der Waals surface area contributed by atoms with Crippen molar-refractivity contribution in [1.82, 2.24) is 5.32 Å². The zero-order chi connectivity index (χ0) is 68.8. The summed E-state index contributed by atoms with van der Waals surface area (Å²) in [4.78, 5) is 26.8. The highest BCUT2D eigenvalue weighted by molar-refractivity contribution is 5.80. The fourth-order valence-corrected chi connectivity index (χ4v) is 13.8. The number of aliphatic hydroxyl groups is 5. The largest absolute Gasteiger partial charge is 0.454 e. The molecule has 95 heavy (non-hydrogen) atoms. The lowest BCUT2D eigenvalue weighted by atomic mass is 9.99. The van der Waals surface area contributed by atoms with Crippen LogP contribution in [0.1, 0.15) is 438 Å². The predicted octanol–water partition coefficient (Wildman–Crippen LogP) is 23.1. The molecule has 0 saturated carbocycles. The van der Waals surface area contributed by atoms with Gasteiger partial charge in [0, 0.05) is 6.42 Å². The Labute approximate surface area is 588 Å². The molecular weight excluding hydrogens is 1180 g/mol. The number of allylic oxidation sites excluding steroid dienone is 3. The minimum Gasteiger partial charge on any atom is -0.454 e. The molecule has 1 heterocycles. The Morgan fingerprint density at radius 2 is 0.695 bits per heavy atom. The number of aliphatic hydroxyl groups excluding tert-OH is 5. The summed E-state index contributed by atoms with van der Waals surface area (Å²) in [7, 11) is 0. The van der Waals surface area contributed by atoms with E-state index >= 15 is 0 Å². The second-order valence-electron chi connectivity index (χ2n) is 29.6. The average molecular weight is 1350 g/mol. The van der Waals surface area contributed by atoms with E-state index < -0.39 is 67.4 Å². The Balaban J connectivity index is 2.46. The zero-order valence-corrected chi connectivity index (χ0v) is 63.1. The SMILES string of the molecule is CCCCCCCC/C=C/CCCCCCCCCCCCCCCCCCC(O)C(=O)NC(COC1OC(CO)C(O)C(O)C1OC(=O)CCCCCCCCCCCCCCCCCCCCCCCCCCCCC)C(O)/C=C/CCCCCCCCCCCCC. The van der Waals surface area contributed by atoms with E-state index in [0.29, 0.717) is 19.3 Å². The maximum absolute atomic E-state index is 13.6. The minimum atomic E-state index is -1.61. The van der Waals surface area contributed by atoms with Gasteiger partial charge in [-0.2, -0.15) is 0 Å². The molecule has 0 radical (unpaired) electrons. The molecule has 0 aliphatic carbocycles. The first-order chi connectivity index (χ1) is 46.7. The third kappa shape index (κ3) is 58.5. The summed E-state index contributed by atoms with van der Waals surface area (Å²) in [5.74, 6) is -1.17. The van der Waals surface area contributed by atoms with Crippen LogP contribution in [0.5, 0.6) is 0 Å². The predicted molar refractivity (Wildman–Crippen MR) is 403 cm³/mol. The lowest BCUT2D eigenvalue weighted by molar-refractivity contribution is -0.305. The van der Waals surface area contributed by atoms with Crippen LogP contribution in [0.2, 0.25) is 0 Å². The second-order valence-corrected chi connectivity index (χ2v) is 29.6. The van der Waals surface area contributed by atoms with Crippen LogP contribution < -0.4 is 5.32 Å².